The van der Waals surface area contributed by atoms with E-state index in [0.717, 1.165) is 16.6 Å². The van der Waals surface area contributed by atoms with Crippen LogP contribution in [0.1, 0.15) is 5.56 Å². The molecule has 0 saturated carbocycles. The minimum atomic E-state index is 0.546. The highest BCUT2D eigenvalue weighted by Crippen LogP contribution is 2.27. The first-order chi connectivity index (χ1) is 8.24. The Balaban J connectivity index is 2.23. The lowest BCUT2D eigenvalue weighted by Gasteiger charge is -2.01. The minimum absolute atomic E-state index is 0.546. The Labute approximate surface area is 98.1 Å². The maximum absolute atomic E-state index is 5.77. The van der Waals surface area contributed by atoms with Crippen molar-refractivity contribution in [2.45, 2.75) is 6.92 Å². The summed E-state index contributed by atoms with van der Waals surface area (Å²) < 4.78 is 5.61. The highest BCUT2D eigenvalue weighted by Gasteiger charge is 2.10. The molecule has 2 aromatic heterocycles. The van der Waals surface area contributed by atoms with E-state index in [0.29, 0.717) is 17.3 Å². The van der Waals surface area contributed by atoms with E-state index in [1.165, 1.54) is 0 Å². The zero-order valence-electron chi connectivity index (χ0n) is 9.34. The maximum Gasteiger partial charge on any atom is 0.247 e. The van der Waals surface area contributed by atoms with E-state index in [1.54, 1.807) is 6.20 Å². The van der Waals surface area contributed by atoms with E-state index in [9.17, 15) is 0 Å². The number of nitrogens with two attached hydrogens (primary N) is 1. The topological polar surface area (TPSA) is 64.9 Å². The molecule has 0 aliphatic carbocycles. The zero-order chi connectivity index (χ0) is 11.8. The SMILES string of the molecule is Cc1ccc(N)cc1-c1nc2cccnc2o1. The Kier molecular flexibility index (Phi) is 2.08. The van der Waals surface area contributed by atoms with Crippen molar-refractivity contribution in [3.8, 4) is 11.5 Å². The van der Waals surface area contributed by atoms with Crippen LogP contribution in [0, 0.1) is 6.92 Å². The lowest BCUT2D eigenvalue weighted by atomic mass is 10.1. The van der Waals surface area contributed by atoms with Crippen LogP contribution >= 0.6 is 0 Å². The van der Waals surface area contributed by atoms with Crippen LogP contribution < -0.4 is 5.73 Å². The molecule has 0 aliphatic rings. The quantitative estimate of drug-likeness (QED) is 0.647. The number of hydrogen-bond acceptors (Lipinski definition) is 4. The number of nitrogen functional groups attached to an aromatic ring is 1. The van der Waals surface area contributed by atoms with Gasteiger partial charge in [0.05, 0.1) is 0 Å². The fraction of sp³-hybridized carbons (Fsp3) is 0.0769. The average molecular weight is 225 g/mol. The van der Waals surface area contributed by atoms with E-state index in [2.05, 4.69) is 9.97 Å². The van der Waals surface area contributed by atoms with Gasteiger partial charge in [-0.1, -0.05) is 6.07 Å². The fourth-order valence-electron chi connectivity index (χ4n) is 1.76. The Morgan fingerprint density at radius 1 is 1.24 bits per heavy atom. The third-order valence-corrected chi connectivity index (χ3v) is 2.66. The van der Waals surface area contributed by atoms with E-state index in [1.807, 2.05) is 37.3 Å². The molecule has 2 heterocycles. The standard InChI is InChI=1S/C13H11N3O/c1-8-4-5-9(14)7-10(8)12-16-11-3-2-6-15-13(11)17-12/h2-7H,14H2,1H3. The molecule has 0 unspecified atom stereocenters. The molecular formula is C13H11N3O. The van der Waals surface area contributed by atoms with Gasteiger partial charge >= 0.3 is 0 Å². The van der Waals surface area contributed by atoms with Crippen LogP contribution in [0.15, 0.2) is 40.9 Å². The number of aromatic nitrogens is 2. The molecule has 0 aliphatic heterocycles. The largest absolute Gasteiger partial charge is 0.418 e. The molecule has 4 heteroatoms. The molecule has 0 fully saturated rings. The van der Waals surface area contributed by atoms with Gasteiger partial charge < -0.3 is 10.2 Å². The van der Waals surface area contributed by atoms with Gasteiger partial charge in [-0.05, 0) is 36.8 Å². The molecule has 1 aromatic carbocycles. The number of nitrogens with zero attached hydrogens (tertiary/aromatic N) is 2. The van der Waals surface area contributed by atoms with Gasteiger partial charge in [-0.2, -0.15) is 0 Å². The summed E-state index contributed by atoms with van der Waals surface area (Å²) in [5.74, 6) is 0.559. The third kappa shape index (κ3) is 1.63. The van der Waals surface area contributed by atoms with Crippen molar-refractivity contribution in [3.05, 3.63) is 42.1 Å². The number of fused-ring (bicyclic) bond motifs is 1. The molecule has 3 rings (SSSR count). The van der Waals surface area contributed by atoms with Crippen molar-refractivity contribution in [2.75, 3.05) is 5.73 Å². The molecule has 0 spiro atoms. The van der Waals surface area contributed by atoms with Crippen molar-refractivity contribution in [1.29, 1.82) is 0 Å². The van der Waals surface area contributed by atoms with Crippen molar-refractivity contribution >= 4 is 16.9 Å². The summed E-state index contributed by atoms with van der Waals surface area (Å²) in [5, 5.41) is 0. The summed E-state index contributed by atoms with van der Waals surface area (Å²) >= 11 is 0. The fourth-order valence-corrected chi connectivity index (χ4v) is 1.76. The summed E-state index contributed by atoms with van der Waals surface area (Å²) in [6, 6.07) is 9.38. The molecule has 17 heavy (non-hydrogen) atoms. The predicted molar refractivity (Wildman–Crippen MR) is 66.4 cm³/mol. The normalized spacial score (nSPS) is 10.9. The van der Waals surface area contributed by atoms with Gasteiger partial charge in [0.15, 0.2) is 0 Å². The molecular weight excluding hydrogens is 214 g/mol. The second-order valence-electron chi connectivity index (χ2n) is 3.92. The smallest absolute Gasteiger partial charge is 0.247 e. The third-order valence-electron chi connectivity index (χ3n) is 2.66. The minimum Gasteiger partial charge on any atom is -0.418 e. The number of benzene rings is 1. The zero-order valence-corrected chi connectivity index (χ0v) is 9.34. The molecule has 0 atom stereocenters. The molecule has 4 nitrogen and oxygen atoms in total. The molecule has 3 aromatic rings. The van der Waals surface area contributed by atoms with Crippen molar-refractivity contribution < 1.29 is 4.42 Å². The first-order valence-corrected chi connectivity index (χ1v) is 5.32. The van der Waals surface area contributed by atoms with Crippen LogP contribution in [-0.2, 0) is 0 Å². The van der Waals surface area contributed by atoms with Crippen LogP contribution in [0.5, 0.6) is 0 Å². The van der Waals surface area contributed by atoms with Gasteiger partial charge in [0, 0.05) is 17.4 Å². The second kappa shape index (κ2) is 3.59. The number of rotatable bonds is 1. The first kappa shape index (κ1) is 9.84. The molecule has 0 amide bonds. The monoisotopic (exact) mass is 225 g/mol. The van der Waals surface area contributed by atoms with Crippen LogP contribution in [0.25, 0.3) is 22.7 Å². The lowest BCUT2D eigenvalue weighted by Crippen LogP contribution is -1.88. The van der Waals surface area contributed by atoms with Crippen molar-refractivity contribution in [3.63, 3.8) is 0 Å². The number of oxazole rings is 1. The Bertz CT molecular complexity index is 655. The van der Waals surface area contributed by atoms with Crippen molar-refractivity contribution in [2.24, 2.45) is 0 Å². The van der Waals surface area contributed by atoms with Gasteiger partial charge in [-0.25, -0.2) is 9.97 Å². The summed E-state index contributed by atoms with van der Waals surface area (Å²) in [6.45, 7) is 2.00. The molecule has 0 bridgehead atoms. The Hall–Kier alpha value is -2.36. The van der Waals surface area contributed by atoms with E-state index in [4.69, 9.17) is 10.2 Å². The molecule has 0 saturated heterocycles. The van der Waals surface area contributed by atoms with Gasteiger partial charge in [0.25, 0.3) is 0 Å². The van der Waals surface area contributed by atoms with Crippen LogP contribution in [0.2, 0.25) is 0 Å². The number of aryl methyl sites for hydroxylation is 1. The van der Waals surface area contributed by atoms with E-state index >= 15 is 0 Å². The lowest BCUT2D eigenvalue weighted by molar-refractivity contribution is 0.607. The van der Waals surface area contributed by atoms with Gasteiger partial charge in [-0.3, -0.25) is 0 Å². The first-order valence-electron chi connectivity index (χ1n) is 5.32. The summed E-state index contributed by atoms with van der Waals surface area (Å²) in [5.41, 5.74) is 9.75. The van der Waals surface area contributed by atoms with Gasteiger partial charge in [0.2, 0.25) is 11.6 Å². The Morgan fingerprint density at radius 3 is 2.94 bits per heavy atom. The van der Waals surface area contributed by atoms with Crippen molar-refractivity contribution in [1.82, 2.24) is 9.97 Å². The number of pyridine rings is 1. The maximum atomic E-state index is 5.77. The Morgan fingerprint density at radius 2 is 2.12 bits per heavy atom. The van der Waals surface area contributed by atoms with Crippen LogP contribution in [-0.4, -0.2) is 9.97 Å². The van der Waals surface area contributed by atoms with E-state index < -0.39 is 0 Å². The summed E-state index contributed by atoms with van der Waals surface area (Å²) in [4.78, 5) is 8.52. The van der Waals surface area contributed by atoms with Crippen LogP contribution in [0.3, 0.4) is 0 Å². The van der Waals surface area contributed by atoms with Gasteiger partial charge in [-0.15, -0.1) is 0 Å². The number of hydrogen-bond donors (Lipinski definition) is 1. The predicted octanol–water partition coefficient (Wildman–Crippen LogP) is 2.78. The van der Waals surface area contributed by atoms with E-state index in [-0.39, 0.29) is 0 Å². The highest BCUT2D eigenvalue weighted by atomic mass is 16.4. The molecule has 84 valence electrons. The van der Waals surface area contributed by atoms with Crippen LogP contribution in [0.4, 0.5) is 5.69 Å². The highest BCUT2D eigenvalue weighted by molar-refractivity contribution is 5.74. The summed E-state index contributed by atoms with van der Waals surface area (Å²) in [7, 11) is 0. The molecule has 2 N–H and O–H groups in total. The second-order valence-corrected chi connectivity index (χ2v) is 3.92. The number of anilines is 1. The molecule has 0 radical (unpaired) electrons. The van der Waals surface area contributed by atoms with Gasteiger partial charge in [0.1, 0.15) is 5.52 Å². The average Bonchev–Trinajstić information content (AvgIpc) is 2.75. The summed E-state index contributed by atoms with van der Waals surface area (Å²) in [6.07, 6.45) is 1.68.